The van der Waals surface area contributed by atoms with E-state index in [0.29, 0.717) is 21.3 Å². The van der Waals surface area contributed by atoms with E-state index in [-0.39, 0.29) is 5.82 Å². The number of nitrogens with one attached hydrogen (secondary N) is 1. The van der Waals surface area contributed by atoms with Crippen LogP contribution in [0.15, 0.2) is 41.1 Å². The summed E-state index contributed by atoms with van der Waals surface area (Å²) in [4.78, 5) is 3.98. The normalized spacial score (nSPS) is 12.4. The number of nitrogens with zero attached hydrogens (tertiary/aromatic N) is 1. The third-order valence-electron chi connectivity index (χ3n) is 2.64. The lowest BCUT2D eigenvalue weighted by molar-refractivity contribution is 0.559. The summed E-state index contributed by atoms with van der Waals surface area (Å²) in [6, 6.07) is 5.89. The number of hydrogen-bond donors (Lipinski definition) is 3. The third kappa shape index (κ3) is 2.50. The van der Waals surface area contributed by atoms with Gasteiger partial charge in [-0.05, 0) is 18.2 Å². The number of nitrogen functional groups attached to an aromatic ring is 1. The Morgan fingerprint density at radius 2 is 2.06 bits per heavy atom. The van der Waals surface area contributed by atoms with Gasteiger partial charge in [-0.3, -0.25) is 10.8 Å². The van der Waals surface area contributed by atoms with E-state index in [0.717, 1.165) is 0 Å². The molecule has 0 saturated carbocycles. The quantitative estimate of drug-likeness (QED) is 0.599. The van der Waals surface area contributed by atoms with Gasteiger partial charge in [0.2, 0.25) is 0 Å². The van der Waals surface area contributed by atoms with Gasteiger partial charge in [0.15, 0.2) is 0 Å². The smallest absolute Gasteiger partial charge is 0.129 e. The highest BCUT2D eigenvalue weighted by Crippen LogP contribution is 2.28. The van der Waals surface area contributed by atoms with Crippen molar-refractivity contribution in [3.63, 3.8) is 0 Å². The minimum atomic E-state index is -0.535. The molecule has 1 heterocycles. The van der Waals surface area contributed by atoms with E-state index in [1.54, 1.807) is 30.6 Å². The molecule has 2 aromatic rings. The monoisotopic (exact) mass is 310 g/mol. The average Bonchev–Trinajstić information content (AvgIpc) is 2.34. The van der Waals surface area contributed by atoms with Crippen LogP contribution >= 0.6 is 15.9 Å². The molecule has 0 spiro atoms. The van der Waals surface area contributed by atoms with Crippen LogP contribution in [-0.2, 0) is 0 Å². The van der Waals surface area contributed by atoms with Gasteiger partial charge in [0.05, 0.1) is 6.04 Å². The van der Waals surface area contributed by atoms with Crippen molar-refractivity contribution in [3.8, 4) is 0 Å². The molecule has 2 rings (SSSR count). The number of rotatable bonds is 3. The van der Waals surface area contributed by atoms with Crippen LogP contribution in [-0.4, -0.2) is 4.98 Å². The summed E-state index contributed by atoms with van der Waals surface area (Å²) < 4.78 is 14.6. The fraction of sp³-hybridized carbons (Fsp3) is 0.0833. The predicted octanol–water partition coefficient (Wildman–Crippen LogP) is 2.12. The molecular weight excluding hydrogens is 299 g/mol. The molecule has 18 heavy (non-hydrogen) atoms. The Bertz CT molecular complexity index is 562. The van der Waals surface area contributed by atoms with Gasteiger partial charge in [-0.15, -0.1) is 0 Å². The maximum Gasteiger partial charge on any atom is 0.129 e. The molecule has 1 unspecified atom stereocenters. The van der Waals surface area contributed by atoms with Crippen LogP contribution in [0.25, 0.3) is 0 Å². The predicted molar refractivity (Wildman–Crippen MR) is 71.9 cm³/mol. The maximum absolute atomic E-state index is 13.9. The second-order valence-corrected chi connectivity index (χ2v) is 4.69. The van der Waals surface area contributed by atoms with Crippen LogP contribution < -0.4 is 17.0 Å². The Hall–Kier alpha value is -1.50. The highest BCUT2D eigenvalue weighted by atomic mass is 79.9. The number of anilines is 1. The number of pyridine rings is 1. The summed E-state index contributed by atoms with van der Waals surface area (Å²) in [6.45, 7) is 0. The second kappa shape index (κ2) is 5.43. The largest absolute Gasteiger partial charge is 0.398 e. The highest BCUT2D eigenvalue weighted by Gasteiger charge is 2.19. The molecule has 0 aliphatic rings. The van der Waals surface area contributed by atoms with Gasteiger partial charge in [0.25, 0.3) is 0 Å². The lowest BCUT2D eigenvalue weighted by Gasteiger charge is -2.18. The zero-order chi connectivity index (χ0) is 13.1. The number of aromatic nitrogens is 1. The van der Waals surface area contributed by atoms with Crippen LogP contribution in [0.2, 0.25) is 0 Å². The van der Waals surface area contributed by atoms with Gasteiger partial charge in [0.1, 0.15) is 5.82 Å². The first kappa shape index (κ1) is 12.9. The molecule has 1 atom stereocenters. The van der Waals surface area contributed by atoms with Crippen molar-refractivity contribution >= 4 is 21.6 Å². The Kier molecular flexibility index (Phi) is 3.90. The molecule has 0 aliphatic heterocycles. The summed E-state index contributed by atoms with van der Waals surface area (Å²) in [7, 11) is 0. The molecule has 1 aromatic heterocycles. The summed E-state index contributed by atoms with van der Waals surface area (Å²) in [6.07, 6.45) is 3.14. The molecule has 0 aliphatic carbocycles. The van der Waals surface area contributed by atoms with Crippen molar-refractivity contribution in [1.29, 1.82) is 0 Å². The standard InChI is InChI=1S/C12H12BrFN4/c13-7-1-2-8(10(14)5-7)12(18-16)9-6-17-4-3-11(9)15/h1-6,12,18H,16H2,(H2,15,17). The molecule has 0 fully saturated rings. The summed E-state index contributed by atoms with van der Waals surface area (Å²) in [5, 5.41) is 0. The van der Waals surface area contributed by atoms with Crippen LogP contribution in [0.5, 0.6) is 0 Å². The summed E-state index contributed by atoms with van der Waals surface area (Å²) in [5.74, 6) is 5.14. The van der Waals surface area contributed by atoms with Crippen molar-refractivity contribution in [3.05, 3.63) is 58.1 Å². The molecule has 94 valence electrons. The Balaban J connectivity index is 2.49. The molecule has 0 amide bonds. The topological polar surface area (TPSA) is 77.0 Å². The van der Waals surface area contributed by atoms with E-state index in [2.05, 4.69) is 26.3 Å². The van der Waals surface area contributed by atoms with E-state index < -0.39 is 6.04 Å². The SMILES string of the molecule is NNC(c1cnccc1N)c1ccc(Br)cc1F. The van der Waals surface area contributed by atoms with Crippen LogP contribution in [0.3, 0.4) is 0 Å². The highest BCUT2D eigenvalue weighted by molar-refractivity contribution is 9.10. The Morgan fingerprint density at radius 1 is 1.28 bits per heavy atom. The molecule has 5 N–H and O–H groups in total. The lowest BCUT2D eigenvalue weighted by Crippen LogP contribution is -2.30. The number of hydrazine groups is 1. The third-order valence-corrected chi connectivity index (χ3v) is 3.13. The van der Waals surface area contributed by atoms with Gasteiger partial charge < -0.3 is 5.73 Å². The molecule has 4 nitrogen and oxygen atoms in total. The van der Waals surface area contributed by atoms with Crippen molar-refractivity contribution in [2.75, 3.05) is 5.73 Å². The molecule has 1 aromatic carbocycles. The maximum atomic E-state index is 13.9. The zero-order valence-corrected chi connectivity index (χ0v) is 11.0. The minimum absolute atomic E-state index is 0.365. The number of hydrogen-bond acceptors (Lipinski definition) is 4. The second-order valence-electron chi connectivity index (χ2n) is 3.77. The van der Waals surface area contributed by atoms with E-state index in [1.807, 2.05) is 0 Å². The molecular formula is C12H12BrFN4. The van der Waals surface area contributed by atoms with Gasteiger partial charge >= 0.3 is 0 Å². The summed E-state index contributed by atoms with van der Waals surface area (Å²) >= 11 is 3.21. The molecule has 6 heteroatoms. The van der Waals surface area contributed by atoms with Crippen molar-refractivity contribution < 1.29 is 4.39 Å². The van der Waals surface area contributed by atoms with Crippen molar-refractivity contribution in [1.82, 2.24) is 10.4 Å². The van der Waals surface area contributed by atoms with Crippen LogP contribution in [0.4, 0.5) is 10.1 Å². The Labute approximate surface area is 112 Å². The summed E-state index contributed by atoms with van der Waals surface area (Å²) in [5.41, 5.74) is 9.97. The lowest BCUT2D eigenvalue weighted by atomic mass is 9.99. The van der Waals surface area contributed by atoms with E-state index >= 15 is 0 Å². The minimum Gasteiger partial charge on any atom is -0.398 e. The first-order valence-corrected chi connectivity index (χ1v) is 6.03. The Morgan fingerprint density at radius 3 is 2.67 bits per heavy atom. The molecule has 0 bridgehead atoms. The van der Waals surface area contributed by atoms with Crippen molar-refractivity contribution in [2.24, 2.45) is 5.84 Å². The fourth-order valence-electron chi connectivity index (χ4n) is 1.74. The average molecular weight is 311 g/mol. The van der Waals surface area contributed by atoms with Crippen LogP contribution in [0.1, 0.15) is 17.2 Å². The van der Waals surface area contributed by atoms with Gasteiger partial charge in [-0.25, -0.2) is 9.82 Å². The van der Waals surface area contributed by atoms with Gasteiger partial charge in [-0.1, -0.05) is 22.0 Å². The van der Waals surface area contributed by atoms with Crippen molar-refractivity contribution in [2.45, 2.75) is 6.04 Å². The first-order chi connectivity index (χ1) is 8.63. The number of benzene rings is 1. The number of nitrogens with two attached hydrogens (primary N) is 2. The van der Waals surface area contributed by atoms with Crippen LogP contribution in [0, 0.1) is 5.82 Å². The molecule has 0 radical (unpaired) electrons. The van der Waals surface area contributed by atoms with Gasteiger partial charge in [-0.2, -0.15) is 0 Å². The van der Waals surface area contributed by atoms with E-state index in [4.69, 9.17) is 11.6 Å². The fourth-order valence-corrected chi connectivity index (χ4v) is 2.07. The zero-order valence-electron chi connectivity index (χ0n) is 9.40. The first-order valence-electron chi connectivity index (χ1n) is 5.24. The number of halogens is 2. The van der Waals surface area contributed by atoms with Gasteiger partial charge in [0, 0.05) is 33.7 Å². The van der Waals surface area contributed by atoms with E-state index in [9.17, 15) is 4.39 Å². The molecule has 0 saturated heterocycles. The van der Waals surface area contributed by atoms with E-state index in [1.165, 1.54) is 6.07 Å².